The predicted octanol–water partition coefficient (Wildman–Crippen LogP) is -6.35. The molecular formula is H16Ca4O9P2. The van der Waals surface area contributed by atoms with Gasteiger partial charge in [-0.3, -0.25) is 0 Å². The molecule has 0 fully saturated rings. The molecule has 15 heavy (non-hydrogen) atoms. The van der Waals surface area contributed by atoms with Gasteiger partial charge in [0, 0.05) is 0 Å². The van der Waals surface area contributed by atoms with Crippen LogP contribution in [0.1, 0.15) is 0 Å². The van der Waals surface area contributed by atoms with Crippen LogP contribution < -0.4 is 0 Å². The standard InChI is InChI=1S/4Ca.2H3O4P.H2O.8H/c;;;;2*1-5(2,3)4;;;;;;;;;/h;;;;2*(H3,1,2,3,4);1H2;;;;;;;;. The van der Waals surface area contributed by atoms with Gasteiger partial charge in [-0.25, -0.2) is 9.13 Å². The molecule has 0 atom stereocenters. The molecule has 8 N–H and O–H groups in total. The van der Waals surface area contributed by atoms with Crippen LogP contribution in [0.5, 0.6) is 0 Å². The Morgan fingerprint density at radius 3 is 0.533 bits per heavy atom. The summed E-state index contributed by atoms with van der Waals surface area (Å²) in [5.74, 6) is 0. The summed E-state index contributed by atoms with van der Waals surface area (Å²) in [6.45, 7) is 0. The molecule has 0 radical (unpaired) electrons. The molecule has 0 amide bonds. The molecule has 9 nitrogen and oxygen atoms in total. The van der Waals surface area contributed by atoms with Crippen molar-refractivity contribution < 1.29 is 44.0 Å². The SMILES string of the molecule is O.O=P(O)(O)O.O=P(O)(O)O.[CaH2].[CaH2].[CaH2].[CaH2]. The summed E-state index contributed by atoms with van der Waals surface area (Å²) in [5, 5.41) is 0. The van der Waals surface area contributed by atoms with E-state index in [0.29, 0.717) is 0 Å². The molecule has 0 heterocycles. The van der Waals surface area contributed by atoms with E-state index in [0.717, 1.165) is 0 Å². The van der Waals surface area contributed by atoms with E-state index in [1.807, 2.05) is 0 Å². The van der Waals surface area contributed by atoms with E-state index in [4.69, 9.17) is 38.5 Å². The zero-order valence-corrected chi connectivity index (χ0v) is 6.68. The van der Waals surface area contributed by atoms with Crippen molar-refractivity contribution in [2.75, 3.05) is 0 Å². The molecule has 0 aliphatic rings. The molecule has 0 rings (SSSR count). The molecule has 0 saturated carbocycles. The maximum atomic E-state index is 8.88. The Bertz CT molecular complexity index is 132. The van der Waals surface area contributed by atoms with Crippen molar-refractivity contribution >= 4 is 167 Å². The molecule has 0 aliphatic carbocycles. The van der Waals surface area contributed by atoms with Crippen molar-refractivity contribution in [2.24, 2.45) is 0 Å². The second-order valence-electron chi connectivity index (χ2n) is 1.03. The van der Waals surface area contributed by atoms with Crippen LogP contribution in [0.15, 0.2) is 0 Å². The third-order valence-corrected chi connectivity index (χ3v) is 0. The number of rotatable bonds is 0. The minimum atomic E-state index is -4.64. The van der Waals surface area contributed by atoms with Gasteiger partial charge in [-0.05, 0) is 0 Å². The van der Waals surface area contributed by atoms with Crippen molar-refractivity contribution in [3.63, 3.8) is 0 Å². The summed E-state index contributed by atoms with van der Waals surface area (Å²) in [5.41, 5.74) is 0. The van der Waals surface area contributed by atoms with E-state index in [-0.39, 0.29) is 156 Å². The average Bonchev–Trinajstić information content (AvgIpc) is 1.12. The Labute approximate surface area is 205 Å². The Morgan fingerprint density at radius 1 is 0.533 bits per heavy atom. The zero-order chi connectivity index (χ0) is 9.00. The average molecular weight is 382 g/mol. The van der Waals surface area contributed by atoms with Gasteiger partial charge in [0.2, 0.25) is 0 Å². The monoisotopic (exact) mass is 382 g/mol. The molecule has 0 saturated heterocycles. The molecule has 0 spiro atoms. The summed E-state index contributed by atoms with van der Waals surface area (Å²) in [7, 11) is -9.28. The van der Waals surface area contributed by atoms with Crippen LogP contribution in [0.2, 0.25) is 0 Å². The Morgan fingerprint density at radius 2 is 0.533 bits per heavy atom. The van der Waals surface area contributed by atoms with E-state index in [1.165, 1.54) is 0 Å². The van der Waals surface area contributed by atoms with Gasteiger partial charge in [0.15, 0.2) is 0 Å². The van der Waals surface area contributed by atoms with Crippen molar-refractivity contribution in [1.29, 1.82) is 0 Å². The van der Waals surface area contributed by atoms with Crippen LogP contribution >= 0.6 is 15.6 Å². The fourth-order valence-corrected chi connectivity index (χ4v) is 0. The molecule has 0 aromatic carbocycles. The fraction of sp³-hybridized carbons (Fsp3) is 0. The van der Waals surface area contributed by atoms with E-state index >= 15 is 0 Å². The van der Waals surface area contributed by atoms with Gasteiger partial charge in [-0.1, -0.05) is 0 Å². The first-order chi connectivity index (χ1) is 4.00. The second kappa shape index (κ2) is 21.5. The normalized spacial score (nSPS) is 7.87. The van der Waals surface area contributed by atoms with E-state index < -0.39 is 15.6 Å². The van der Waals surface area contributed by atoms with Gasteiger partial charge in [0.05, 0.1) is 0 Å². The predicted molar refractivity (Wildman–Crippen MR) is 66.3 cm³/mol. The Hall–Kier alpha value is 5.22. The number of hydrogen-bond donors (Lipinski definition) is 6. The molecule has 0 aromatic rings. The molecule has 0 unspecified atom stereocenters. The maximum absolute atomic E-state index is 8.88. The first-order valence-electron chi connectivity index (χ1n) is 1.57. The summed E-state index contributed by atoms with van der Waals surface area (Å²) in [4.78, 5) is 43.1. The molecular weight excluding hydrogens is 366 g/mol. The van der Waals surface area contributed by atoms with Crippen LogP contribution in [0.25, 0.3) is 0 Å². The van der Waals surface area contributed by atoms with Crippen LogP contribution in [-0.4, -0.2) is 186 Å². The van der Waals surface area contributed by atoms with Crippen LogP contribution in [0.3, 0.4) is 0 Å². The van der Waals surface area contributed by atoms with Gasteiger partial charge in [0.1, 0.15) is 0 Å². The summed E-state index contributed by atoms with van der Waals surface area (Å²) >= 11 is 0. The molecule has 0 aliphatic heterocycles. The van der Waals surface area contributed by atoms with E-state index in [9.17, 15) is 0 Å². The Balaban J connectivity index is -0.0000000128. The zero-order valence-electron chi connectivity index (χ0n) is 4.89. The van der Waals surface area contributed by atoms with Gasteiger partial charge in [0.25, 0.3) is 0 Å². The third-order valence-electron chi connectivity index (χ3n) is 0. The van der Waals surface area contributed by atoms with Gasteiger partial charge in [-0.15, -0.1) is 0 Å². The van der Waals surface area contributed by atoms with Crippen molar-refractivity contribution in [1.82, 2.24) is 0 Å². The molecule has 15 heteroatoms. The Kier molecular flexibility index (Phi) is 61.3. The van der Waals surface area contributed by atoms with Crippen LogP contribution in [0.4, 0.5) is 0 Å². The molecule has 88 valence electrons. The second-order valence-corrected chi connectivity index (χ2v) is 3.08. The number of hydrogen-bond acceptors (Lipinski definition) is 2. The molecule has 0 aromatic heterocycles. The molecule has 0 bridgehead atoms. The van der Waals surface area contributed by atoms with Crippen LogP contribution in [-0.2, 0) is 9.13 Å². The summed E-state index contributed by atoms with van der Waals surface area (Å²) in [6.07, 6.45) is 0. The number of phosphoric acid groups is 2. The topological polar surface area (TPSA) is 187 Å². The fourth-order valence-electron chi connectivity index (χ4n) is 0. The van der Waals surface area contributed by atoms with E-state index in [2.05, 4.69) is 0 Å². The van der Waals surface area contributed by atoms with Crippen molar-refractivity contribution in [2.45, 2.75) is 0 Å². The van der Waals surface area contributed by atoms with Gasteiger partial charge < -0.3 is 34.8 Å². The van der Waals surface area contributed by atoms with E-state index in [1.54, 1.807) is 0 Å². The summed E-state index contributed by atoms with van der Waals surface area (Å²) < 4.78 is 17.8. The van der Waals surface area contributed by atoms with Crippen molar-refractivity contribution in [3.8, 4) is 0 Å². The summed E-state index contributed by atoms with van der Waals surface area (Å²) in [6, 6.07) is 0. The minimum absolute atomic E-state index is 0. The quantitative estimate of drug-likeness (QED) is 0.176. The van der Waals surface area contributed by atoms with Gasteiger partial charge >= 0.3 is 167 Å². The van der Waals surface area contributed by atoms with Crippen molar-refractivity contribution in [3.05, 3.63) is 0 Å². The third kappa shape index (κ3) is 209. The van der Waals surface area contributed by atoms with Crippen LogP contribution in [0, 0.1) is 0 Å². The first-order valence-corrected chi connectivity index (χ1v) is 4.70. The van der Waals surface area contributed by atoms with Gasteiger partial charge in [-0.2, -0.15) is 0 Å². The first kappa shape index (κ1) is 42.7.